The van der Waals surface area contributed by atoms with E-state index in [4.69, 9.17) is 5.73 Å². The molecule has 0 aliphatic carbocycles. The van der Waals surface area contributed by atoms with E-state index < -0.39 is 0 Å². The van der Waals surface area contributed by atoms with Crippen molar-refractivity contribution in [2.45, 2.75) is 68.6 Å². The number of hydrogen-bond donors (Lipinski definition) is 1. The van der Waals surface area contributed by atoms with E-state index in [1.54, 1.807) is 0 Å². The van der Waals surface area contributed by atoms with Crippen LogP contribution in [0.15, 0.2) is 29.2 Å². The lowest BCUT2D eigenvalue weighted by Gasteiger charge is -2.23. The average Bonchev–Trinajstić information content (AvgIpc) is 2.87. The van der Waals surface area contributed by atoms with Crippen LogP contribution in [0.25, 0.3) is 0 Å². The molecule has 1 aromatic rings. The topological polar surface area (TPSA) is 26.0 Å². The zero-order chi connectivity index (χ0) is 13.7. The van der Waals surface area contributed by atoms with Crippen molar-refractivity contribution in [3.05, 3.63) is 29.8 Å². The Hall–Kier alpha value is -0.470. The molecule has 1 aliphatic heterocycles. The van der Waals surface area contributed by atoms with Crippen LogP contribution in [0.2, 0.25) is 0 Å². The van der Waals surface area contributed by atoms with Crippen molar-refractivity contribution < 1.29 is 0 Å². The molecule has 0 saturated carbocycles. The van der Waals surface area contributed by atoms with Crippen molar-refractivity contribution >= 4 is 11.8 Å². The second kappa shape index (κ2) is 7.35. The minimum Gasteiger partial charge on any atom is -0.327 e. The molecule has 0 aromatic heterocycles. The number of benzene rings is 1. The first-order chi connectivity index (χ1) is 9.24. The monoisotopic (exact) mass is 277 g/mol. The minimum atomic E-state index is 0.346. The van der Waals surface area contributed by atoms with Crippen molar-refractivity contribution in [1.29, 1.82) is 0 Å². The molecule has 0 fully saturated rings. The number of rotatable bonds is 7. The van der Waals surface area contributed by atoms with Gasteiger partial charge >= 0.3 is 0 Å². The first-order valence-electron chi connectivity index (χ1n) is 7.74. The Morgan fingerprint density at radius 1 is 1.32 bits per heavy atom. The Morgan fingerprint density at radius 2 is 2.11 bits per heavy atom. The lowest BCUT2D eigenvalue weighted by molar-refractivity contribution is 0.379. The predicted octanol–water partition coefficient (Wildman–Crippen LogP) is 4.64. The molecule has 1 nitrogen and oxygen atoms in total. The Kier molecular flexibility index (Phi) is 5.77. The molecule has 0 saturated heterocycles. The van der Waals surface area contributed by atoms with Crippen LogP contribution in [0.4, 0.5) is 0 Å². The lowest BCUT2D eigenvalue weighted by atomic mass is 9.90. The highest BCUT2D eigenvalue weighted by Crippen LogP contribution is 2.39. The van der Waals surface area contributed by atoms with E-state index in [0.717, 1.165) is 12.3 Å². The maximum atomic E-state index is 6.49. The van der Waals surface area contributed by atoms with E-state index >= 15 is 0 Å². The fourth-order valence-corrected chi connectivity index (χ4v) is 4.30. The van der Waals surface area contributed by atoms with Crippen molar-refractivity contribution in [1.82, 2.24) is 0 Å². The Morgan fingerprint density at radius 3 is 2.79 bits per heavy atom. The van der Waals surface area contributed by atoms with E-state index in [1.807, 2.05) is 11.8 Å². The Bertz CT molecular complexity index is 366. The molecule has 19 heavy (non-hydrogen) atoms. The van der Waals surface area contributed by atoms with Crippen LogP contribution in [-0.4, -0.2) is 11.3 Å². The first kappa shape index (κ1) is 14.9. The van der Waals surface area contributed by atoms with Crippen LogP contribution in [0.5, 0.6) is 0 Å². The van der Waals surface area contributed by atoms with Gasteiger partial charge in [0, 0.05) is 16.2 Å². The maximum Gasteiger partial charge on any atom is 0.0287 e. The summed E-state index contributed by atoms with van der Waals surface area (Å²) < 4.78 is 0. The quantitative estimate of drug-likeness (QED) is 0.786. The van der Waals surface area contributed by atoms with Crippen molar-refractivity contribution in [2.75, 3.05) is 0 Å². The summed E-state index contributed by atoms with van der Waals surface area (Å²) in [6.07, 6.45) is 7.63. The smallest absolute Gasteiger partial charge is 0.0287 e. The average molecular weight is 277 g/mol. The summed E-state index contributed by atoms with van der Waals surface area (Å²) in [6.45, 7) is 4.58. The molecule has 3 atom stereocenters. The molecule has 0 spiro atoms. The molecular weight excluding hydrogens is 250 g/mol. The summed E-state index contributed by atoms with van der Waals surface area (Å²) in [5, 5.41) is 0.591. The molecule has 0 bridgehead atoms. The maximum absolute atomic E-state index is 6.49. The van der Waals surface area contributed by atoms with Gasteiger partial charge in [-0.2, -0.15) is 0 Å². The van der Waals surface area contributed by atoms with Crippen molar-refractivity contribution in [3.63, 3.8) is 0 Å². The molecular formula is C17H27NS. The van der Waals surface area contributed by atoms with Crippen LogP contribution in [-0.2, 0) is 6.42 Å². The first-order valence-corrected chi connectivity index (χ1v) is 8.62. The fraction of sp³-hybridized carbons (Fsp3) is 0.647. The number of nitrogens with two attached hydrogens (primary N) is 1. The van der Waals surface area contributed by atoms with Crippen LogP contribution in [0.3, 0.4) is 0 Å². The van der Waals surface area contributed by atoms with E-state index in [2.05, 4.69) is 38.1 Å². The molecule has 3 unspecified atom stereocenters. The molecule has 1 heterocycles. The fourth-order valence-electron chi connectivity index (χ4n) is 2.97. The molecule has 0 radical (unpaired) electrons. The zero-order valence-corrected chi connectivity index (χ0v) is 13.1. The summed E-state index contributed by atoms with van der Waals surface area (Å²) in [6, 6.07) is 9.11. The zero-order valence-electron chi connectivity index (χ0n) is 12.3. The van der Waals surface area contributed by atoms with Gasteiger partial charge in [0.2, 0.25) is 0 Å². The van der Waals surface area contributed by atoms with Gasteiger partial charge in [0.05, 0.1) is 0 Å². The third-order valence-electron chi connectivity index (χ3n) is 4.30. The van der Waals surface area contributed by atoms with Crippen LogP contribution in [0, 0.1) is 5.92 Å². The summed E-state index contributed by atoms with van der Waals surface area (Å²) in [7, 11) is 0. The molecule has 1 aliphatic rings. The summed E-state index contributed by atoms with van der Waals surface area (Å²) in [5.74, 6) is 0.819. The molecule has 0 amide bonds. The van der Waals surface area contributed by atoms with Gasteiger partial charge in [-0.05, 0) is 30.4 Å². The van der Waals surface area contributed by atoms with Gasteiger partial charge in [-0.1, -0.05) is 57.7 Å². The SMILES string of the molecule is CCCCC(CC)CC(N)C1Cc2ccccc2S1. The van der Waals surface area contributed by atoms with Gasteiger partial charge in [-0.3, -0.25) is 0 Å². The Labute approximate surface area is 122 Å². The second-order valence-electron chi connectivity index (χ2n) is 5.78. The third kappa shape index (κ3) is 4.00. The molecule has 1 aromatic carbocycles. The minimum absolute atomic E-state index is 0.346. The summed E-state index contributed by atoms with van der Waals surface area (Å²) >= 11 is 2.00. The summed E-state index contributed by atoms with van der Waals surface area (Å²) in [5.41, 5.74) is 7.98. The molecule has 2 rings (SSSR count). The van der Waals surface area contributed by atoms with Crippen LogP contribution >= 0.6 is 11.8 Å². The molecule has 2 N–H and O–H groups in total. The van der Waals surface area contributed by atoms with E-state index in [1.165, 1.54) is 42.6 Å². The highest BCUT2D eigenvalue weighted by molar-refractivity contribution is 8.00. The highest BCUT2D eigenvalue weighted by atomic mass is 32.2. The second-order valence-corrected chi connectivity index (χ2v) is 7.07. The lowest BCUT2D eigenvalue weighted by Crippen LogP contribution is -2.34. The van der Waals surface area contributed by atoms with Gasteiger partial charge in [0.1, 0.15) is 0 Å². The molecule has 106 valence electrons. The van der Waals surface area contributed by atoms with Gasteiger partial charge < -0.3 is 5.73 Å². The number of fused-ring (bicyclic) bond motifs is 1. The van der Waals surface area contributed by atoms with E-state index in [9.17, 15) is 0 Å². The normalized spacial score (nSPS) is 21.1. The van der Waals surface area contributed by atoms with Crippen LogP contribution in [0.1, 0.15) is 51.5 Å². The highest BCUT2D eigenvalue weighted by Gasteiger charge is 2.28. The van der Waals surface area contributed by atoms with Gasteiger partial charge in [-0.15, -0.1) is 11.8 Å². The standard InChI is InChI=1S/C17H27NS/c1-3-5-8-13(4-2)11-15(18)17-12-14-9-6-7-10-16(14)19-17/h6-7,9-10,13,15,17H,3-5,8,11-12,18H2,1-2H3. The van der Waals surface area contributed by atoms with Crippen molar-refractivity contribution in [3.8, 4) is 0 Å². The number of hydrogen-bond acceptors (Lipinski definition) is 2. The van der Waals surface area contributed by atoms with Crippen molar-refractivity contribution in [2.24, 2.45) is 11.7 Å². The third-order valence-corrected chi connectivity index (χ3v) is 5.77. The Balaban J connectivity index is 1.86. The van der Waals surface area contributed by atoms with E-state index in [-0.39, 0.29) is 0 Å². The number of thioether (sulfide) groups is 1. The predicted molar refractivity (Wildman–Crippen MR) is 85.7 cm³/mol. The van der Waals surface area contributed by atoms with E-state index in [0.29, 0.717) is 11.3 Å². The van der Waals surface area contributed by atoms with Crippen LogP contribution < -0.4 is 5.73 Å². The summed E-state index contributed by atoms with van der Waals surface area (Å²) in [4.78, 5) is 1.45. The largest absolute Gasteiger partial charge is 0.327 e. The molecule has 2 heteroatoms. The van der Waals surface area contributed by atoms with Gasteiger partial charge in [0.25, 0.3) is 0 Å². The number of unbranched alkanes of at least 4 members (excludes halogenated alkanes) is 1. The van der Waals surface area contributed by atoms with Gasteiger partial charge in [-0.25, -0.2) is 0 Å². The van der Waals surface area contributed by atoms with Gasteiger partial charge in [0.15, 0.2) is 0 Å².